The van der Waals surface area contributed by atoms with E-state index in [1.807, 2.05) is 50.1 Å². The van der Waals surface area contributed by atoms with Crippen LogP contribution in [-0.2, 0) is 10.2 Å². The van der Waals surface area contributed by atoms with Gasteiger partial charge >= 0.3 is 5.97 Å². The van der Waals surface area contributed by atoms with Crippen LogP contribution in [0.4, 0.5) is 11.4 Å². The summed E-state index contributed by atoms with van der Waals surface area (Å²) in [6, 6.07) is 8.40. The molecule has 2 aromatic rings. The fourth-order valence-corrected chi connectivity index (χ4v) is 4.31. The Hall–Kier alpha value is -3.81. The zero-order valence-corrected chi connectivity index (χ0v) is 17.7. The van der Waals surface area contributed by atoms with E-state index in [2.05, 4.69) is 6.58 Å². The van der Waals surface area contributed by atoms with E-state index < -0.39 is 22.0 Å². The molecule has 2 aliphatic rings. The van der Waals surface area contributed by atoms with E-state index in [1.165, 1.54) is 12.1 Å². The van der Waals surface area contributed by atoms with Crippen molar-refractivity contribution in [1.82, 2.24) is 0 Å². The molecule has 0 fully saturated rings. The van der Waals surface area contributed by atoms with Gasteiger partial charge in [-0.1, -0.05) is 6.58 Å². The lowest BCUT2D eigenvalue weighted by molar-refractivity contribution is -0.385. The first-order valence-corrected chi connectivity index (χ1v) is 9.62. The highest BCUT2D eigenvalue weighted by Crippen LogP contribution is 2.56. The Kier molecular flexibility index (Phi) is 4.53. The lowest BCUT2D eigenvalue weighted by Gasteiger charge is -2.45. The Balaban J connectivity index is 1.88. The molecule has 0 saturated carbocycles. The smallest absolute Gasteiger partial charge is 0.335 e. The zero-order chi connectivity index (χ0) is 22.6. The highest BCUT2D eigenvalue weighted by molar-refractivity contribution is 5.85. The number of fused-ring (bicyclic) bond motifs is 2. The van der Waals surface area contributed by atoms with Crippen molar-refractivity contribution in [3.63, 3.8) is 0 Å². The number of hydrogen-bond donors (Lipinski definition) is 0. The van der Waals surface area contributed by atoms with Crippen molar-refractivity contribution in [2.75, 3.05) is 19.1 Å². The summed E-state index contributed by atoms with van der Waals surface area (Å²) in [6.07, 6.45) is 4.64. The monoisotopic (exact) mass is 422 g/mol. The van der Waals surface area contributed by atoms with Gasteiger partial charge in [-0.2, -0.15) is 0 Å². The Labute approximate surface area is 179 Å². The summed E-state index contributed by atoms with van der Waals surface area (Å²) in [5.41, 5.74) is 0.729. The first kappa shape index (κ1) is 20.5. The summed E-state index contributed by atoms with van der Waals surface area (Å²) in [5.74, 6) is 0.217. The molecule has 4 rings (SSSR count). The van der Waals surface area contributed by atoms with E-state index in [4.69, 9.17) is 14.2 Å². The molecule has 0 bridgehead atoms. The van der Waals surface area contributed by atoms with E-state index >= 15 is 0 Å². The molecule has 0 aromatic heterocycles. The van der Waals surface area contributed by atoms with Gasteiger partial charge in [0.2, 0.25) is 5.72 Å². The van der Waals surface area contributed by atoms with Gasteiger partial charge in [-0.05, 0) is 49.8 Å². The number of methoxy groups -OCH3 is 1. The normalized spacial score (nSPS) is 19.9. The summed E-state index contributed by atoms with van der Waals surface area (Å²) in [7, 11) is 3.53. The fraction of sp³-hybridized carbons (Fsp3) is 0.261. The highest BCUT2D eigenvalue weighted by atomic mass is 16.6. The van der Waals surface area contributed by atoms with Crippen molar-refractivity contribution < 1.29 is 23.9 Å². The second-order valence-electron chi connectivity index (χ2n) is 7.94. The van der Waals surface area contributed by atoms with Gasteiger partial charge in [-0.25, -0.2) is 4.79 Å². The van der Waals surface area contributed by atoms with Gasteiger partial charge in [0.1, 0.15) is 5.75 Å². The van der Waals surface area contributed by atoms with Gasteiger partial charge < -0.3 is 19.1 Å². The van der Waals surface area contributed by atoms with Crippen molar-refractivity contribution in [1.29, 1.82) is 0 Å². The lowest BCUT2D eigenvalue weighted by Crippen LogP contribution is -2.58. The number of esters is 1. The molecular formula is C23H22N2O6. The van der Waals surface area contributed by atoms with E-state index in [9.17, 15) is 14.9 Å². The van der Waals surface area contributed by atoms with Crippen LogP contribution in [-0.4, -0.2) is 30.8 Å². The van der Waals surface area contributed by atoms with Crippen LogP contribution in [0.1, 0.15) is 25.0 Å². The summed E-state index contributed by atoms with van der Waals surface area (Å²) >= 11 is 0. The van der Waals surface area contributed by atoms with Crippen LogP contribution < -0.4 is 19.1 Å². The maximum absolute atomic E-state index is 11.9. The number of carbonyl (C=O) groups excluding carboxylic acids is 1. The van der Waals surface area contributed by atoms with Crippen LogP contribution in [0.15, 0.2) is 49.1 Å². The van der Waals surface area contributed by atoms with Crippen molar-refractivity contribution in [3.05, 3.63) is 70.3 Å². The fourth-order valence-electron chi connectivity index (χ4n) is 4.31. The van der Waals surface area contributed by atoms with Crippen LogP contribution >= 0.6 is 0 Å². The second-order valence-corrected chi connectivity index (χ2v) is 7.94. The third-order valence-corrected chi connectivity index (χ3v) is 6.04. The molecule has 2 aliphatic heterocycles. The molecule has 0 amide bonds. The Morgan fingerprint density at radius 1 is 1.29 bits per heavy atom. The van der Waals surface area contributed by atoms with Crippen molar-refractivity contribution in [3.8, 4) is 17.2 Å². The Morgan fingerprint density at radius 2 is 2.03 bits per heavy atom. The molecule has 1 atom stereocenters. The summed E-state index contributed by atoms with van der Waals surface area (Å²) in [6.45, 7) is 7.49. The predicted molar refractivity (Wildman–Crippen MR) is 116 cm³/mol. The number of nitrogens with zero attached hydrogens (tertiary/aromatic N) is 2. The molecular weight excluding hydrogens is 400 g/mol. The van der Waals surface area contributed by atoms with Gasteiger partial charge in [-0.3, -0.25) is 10.1 Å². The SMILES string of the molecule is C=CC(=O)Oc1cc([N+](=O)[O-])cc2c1OC1(C=C2)N(C)c2ccc(OC)cc2C1(C)C. The van der Waals surface area contributed by atoms with Crippen molar-refractivity contribution >= 4 is 23.4 Å². The van der Waals surface area contributed by atoms with Crippen LogP contribution in [0.3, 0.4) is 0 Å². The molecule has 0 aliphatic carbocycles. The third-order valence-electron chi connectivity index (χ3n) is 6.04. The van der Waals surface area contributed by atoms with E-state index in [0.717, 1.165) is 23.1 Å². The minimum absolute atomic E-state index is 0.0319. The predicted octanol–water partition coefficient (Wildman–Crippen LogP) is 4.22. The summed E-state index contributed by atoms with van der Waals surface area (Å²) in [4.78, 5) is 24.7. The number of hydrogen-bond acceptors (Lipinski definition) is 7. The maximum Gasteiger partial charge on any atom is 0.335 e. The standard InChI is InChI=1S/C23H22N2O6/c1-6-20(26)30-19-12-15(25(27)28)11-14-9-10-23(31-21(14)19)22(2,3)17-13-16(29-5)7-8-18(17)24(23)4/h6-13H,1H2,2-5H3. The molecule has 0 N–H and O–H groups in total. The zero-order valence-electron chi connectivity index (χ0n) is 17.7. The van der Waals surface area contributed by atoms with Crippen molar-refractivity contribution in [2.24, 2.45) is 0 Å². The van der Waals surface area contributed by atoms with Crippen LogP contribution in [0.25, 0.3) is 6.08 Å². The van der Waals surface area contributed by atoms with E-state index in [-0.39, 0.29) is 17.2 Å². The number of likely N-dealkylation sites (N-methyl/N-ethyl adjacent to an activating group) is 1. The van der Waals surface area contributed by atoms with Gasteiger partial charge in [0.15, 0.2) is 11.5 Å². The number of carbonyl (C=O) groups is 1. The third kappa shape index (κ3) is 2.86. The highest BCUT2D eigenvalue weighted by Gasteiger charge is 2.58. The summed E-state index contributed by atoms with van der Waals surface area (Å²) in [5, 5.41) is 11.4. The molecule has 1 unspecified atom stereocenters. The van der Waals surface area contributed by atoms with E-state index in [1.54, 1.807) is 13.2 Å². The number of ether oxygens (including phenoxy) is 3. The maximum atomic E-state index is 11.9. The molecule has 1 spiro atoms. The first-order valence-electron chi connectivity index (χ1n) is 9.62. The van der Waals surface area contributed by atoms with Gasteiger partial charge in [0, 0.05) is 30.4 Å². The minimum Gasteiger partial charge on any atom is -0.497 e. The average molecular weight is 422 g/mol. The second kappa shape index (κ2) is 6.87. The van der Waals surface area contributed by atoms with Crippen molar-refractivity contribution in [2.45, 2.75) is 25.0 Å². The molecule has 8 nitrogen and oxygen atoms in total. The average Bonchev–Trinajstić information content (AvgIpc) is 2.91. The van der Waals surface area contributed by atoms with E-state index in [0.29, 0.717) is 5.56 Å². The van der Waals surface area contributed by atoms with Crippen LogP contribution in [0.2, 0.25) is 0 Å². The molecule has 8 heteroatoms. The molecule has 0 saturated heterocycles. The largest absolute Gasteiger partial charge is 0.497 e. The minimum atomic E-state index is -0.958. The molecule has 2 aromatic carbocycles. The molecule has 2 heterocycles. The molecule has 0 radical (unpaired) electrons. The van der Waals surface area contributed by atoms with Crippen LogP contribution in [0.5, 0.6) is 17.2 Å². The van der Waals surface area contributed by atoms with Gasteiger partial charge in [0.05, 0.1) is 23.5 Å². The lowest BCUT2D eigenvalue weighted by atomic mass is 9.76. The van der Waals surface area contributed by atoms with Gasteiger partial charge in [0.25, 0.3) is 5.69 Å². The number of rotatable bonds is 4. The number of benzene rings is 2. The number of nitro benzene ring substituents is 1. The number of anilines is 1. The topological polar surface area (TPSA) is 91.1 Å². The van der Waals surface area contributed by atoms with Crippen LogP contribution in [0, 0.1) is 10.1 Å². The summed E-state index contributed by atoms with van der Waals surface area (Å²) < 4.78 is 17.3. The molecule has 160 valence electrons. The van der Waals surface area contributed by atoms with Gasteiger partial charge in [-0.15, -0.1) is 0 Å². The Morgan fingerprint density at radius 3 is 2.68 bits per heavy atom. The Bertz CT molecular complexity index is 1150. The number of nitro groups is 1. The number of non-ortho nitro benzene ring substituents is 1. The molecule has 31 heavy (non-hydrogen) atoms. The quantitative estimate of drug-likeness (QED) is 0.239. The first-order chi connectivity index (χ1) is 14.6.